The summed E-state index contributed by atoms with van der Waals surface area (Å²) in [7, 11) is -3.51. The molecule has 2 atom stereocenters. The zero-order valence-corrected chi connectivity index (χ0v) is 16.9. The lowest BCUT2D eigenvalue weighted by Crippen LogP contribution is -2.40. The van der Waals surface area contributed by atoms with Crippen molar-refractivity contribution < 1.29 is 13.2 Å². The highest BCUT2D eigenvalue weighted by atomic mass is 32.2. The number of amides is 1. The summed E-state index contributed by atoms with van der Waals surface area (Å²) < 4.78 is 27.2. The van der Waals surface area contributed by atoms with Gasteiger partial charge in [-0.3, -0.25) is 10.2 Å². The van der Waals surface area contributed by atoms with Crippen molar-refractivity contribution in [3.05, 3.63) is 24.3 Å². The molecule has 3 rings (SSSR count). The van der Waals surface area contributed by atoms with Gasteiger partial charge < -0.3 is 5.32 Å². The van der Waals surface area contributed by atoms with Crippen LogP contribution in [0, 0.1) is 5.92 Å². The van der Waals surface area contributed by atoms with Gasteiger partial charge in [0.25, 0.3) is 0 Å². The van der Waals surface area contributed by atoms with Gasteiger partial charge in [-0.25, -0.2) is 13.8 Å². The first-order valence-electron chi connectivity index (χ1n) is 9.78. The monoisotopic (exact) mass is 394 g/mol. The maximum Gasteiger partial charge on any atom is 0.243 e. The minimum atomic E-state index is -3.51. The number of benzene rings is 1. The van der Waals surface area contributed by atoms with Gasteiger partial charge in [0, 0.05) is 24.8 Å². The van der Waals surface area contributed by atoms with Crippen LogP contribution >= 0.6 is 0 Å². The van der Waals surface area contributed by atoms with E-state index in [1.54, 1.807) is 24.3 Å². The van der Waals surface area contributed by atoms with Crippen LogP contribution < -0.4 is 16.2 Å². The molecule has 2 heterocycles. The summed E-state index contributed by atoms with van der Waals surface area (Å²) >= 11 is 0. The van der Waals surface area contributed by atoms with E-state index in [4.69, 9.17) is 0 Å². The number of hydrogen-bond acceptors (Lipinski definition) is 5. The maximum atomic E-state index is 12.8. The Kier molecular flexibility index (Phi) is 6.52. The van der Waals surface area contributed by atoms with Crippen LogP contribution in [0.15, 0.2) is 29.2 Å². The highest BCUT2D eigenvalue weighted by molar-refractivity contribution is 7.89. The van der Waals surface area contributed by atoms with E-state index in [2.05, 4.69) is 30.0 Å². The fourth-order valence-corrected chi connectivity index (χ4v) is 5.30. The second kappa shape index (κ2) is 8.68. The number of carbonyl (C=O) groups excluding carboxylic acids is 1. The van der Waals surface area contributed by atoms with E-state index >= 15 is 0 Å². The number of piperidine rings is 1. The van der Waals surface area contributed by atoms with Crippen molar-refractivity contribution in [1.82, 2.24) is 15.2 Å². The van der Waals surface area contributed by atoms with E-state index in [-0.39, 0.29) is 22.9 Å². The van der Waals surface area contributed by atoms with Gasteiger partial charge in [-0.15, -0.1) is 0 Å². The van der Waals surface area contributed by atoms with E-state index in [0.29, 0.717) is 24.7 Å². The molecule has 27 heavy (non-hydrogen) atoms. The molecule has 8 heteroatoms. The second-order valence-corrected chi connectivity index (χ2v) is 9.82. The minimum absolute atomic E-state index is 0.152. The van der Waals surface area contributed by atoms with Crippen LogP contribution in [-0.4, -0.2) is 43.8 Å². The third-order valence-corrected chi connectivity index (χ3v) is 7.00. The van der Waals surface area contributed by atoms with Gasteiger partial charge in [-0.05, 0) is 49.8 Å². The Bertz CT molecular complexity index is 760. The molecule has 0 aromatic heterocycles. The van der Waals surface area contributed by atoms with Crippen LogP contribution in [0.4, 0.5) is 5.69 Å². The van der Waals surface area contributed by atoms with E-state index in [1.807, 2.05) is 0 Å². The fourth-order valence-electron chi connectivity index (χ4n) is 3.74. The zero-order valence-electron chi connectivity index (χ0n) is 16.1. The summed E-state index contributed by atoms with van der Waals surface area (Å²) in [5.41, 5.74) is 6.72. The first kappa shape index (κ1) is 20.3. The molecule has 0 aliphatic carbocycles. The fraction of sp³-hybridized carbons (Fsp3) is 0.632. The summed E-state index contributed by atoms with van der Waals surface area (Å²) in [4.78, 5) is 12.8. The van der Waals surface area contributed by atoms with Gasteiger partial charge in [0.15, 0.2) is 0 Å². The molecule has 3 N–H and O–H groups in total. The number of anilines is 1. The molecular weight excluding hydrogens is 364 g/mol. The van der Waals surface area contributed by atoms with Crippen molar-refractivity contribution in [2.45, 2.75) is 62.9 Å². The van der Waals surface area contributed by atoms with E-state index in [0.717, 1.165) is 32.1 Å². The average molecular weight is 395 g/mol. The number of nitrogens with one attached hydrogen (secondary N) is 3. The molecule has 2 unspecified atom stereocenters. The zero-order chi connectivity index (χ0) is 19.4. The minimum Gasteiger partial charge on any atom is -0.325 e. The highest BCUT2D eigenvalue weighted by Gasteiger charge is 2.30. The number of carbonyl (C=O) groups is 1. The number of rotatable bonds is 6. The summed E-state index contributed by atoms with van der Waals surface area (Å²) in [6, 6.07) is 6.49. The molecule has 1 aromatic rings. The topological polar surface area (TPSA) is 90.5 Å². The Morgan fingerprint density at radius 3 is 2.67 bits per heavy atom. The first-order chi connectivity index (χ1) is 12.9. The standard InChI is InChI=1S/C19H30N4O3S/c1-14(2)11-16-13-18(22-21-16)19(24)20-15-7-6-8-17(12-15)27(25,26)23-9-4-3-5-10-23/h6-8,12,14,16,18,21-22H,3-5,9-11,13H2,1-2H3,(H,20,24). The predicted octanol–water partition coefficient (Wildman–Crippen LogP) is 2.08. The molecule has 7 nitrogen and oxygen atoms in total. The molecule has 1 amide bonds. The van der Waals surface area contributed by atoms with E-state index in [1.165, 1.54) is 4.31 Å². The molecule has 150 valence electrons. The lowest BCUT2D eigenvalue weighted by Gasteiger charge is -2.26. The van der Waals surface area contributed by atoms with Crippen LogP contribution in [-0.2, 0) is 14.8 Å². The Morgan fingerprint density at radius 1 is 1.22 bits per heavy atom. The summed E-state index contributed by atoms with van der Waals surface area (Å²) in [5.74, 6) is 0.407. The Labute approximate surface area is 161 Å². The molecule has 1 aromatic carbocycles. The lowest BCUT2D eigenvalue weighted by atomic mass is 10.00. The molecule has 2 aliphatic heterocycles. The summed E-state index contributed by atoms with van der Waals surface area (Å²) in [6.45, 7) is 5.44. The quantitative estimate of drug-likeness (QED) is 0.687. The average Bonchev–Trinajstić information content (AvgIpc) is 3.10. The molecule has 0 bridgehead atoms. The molecule has 0 saturated carbocycles. The predicted molar refractivity (Wildman–Crippen MR) is 106 cm³/mol. The normalized spacial score (nSPS) is 24.3. The molecule has 0 radical (unpaired) electrons. The van der Waals surface area contributed by atoms with Crippen LogP contribution in [0.1, 0.15) is 46.0 Å². The third-order valence-electron chi connectivity index (χ3n) is 5.11. The second-order valence-electron chi connectivity index (χ2n) is 7.89. The largest absolute Gasteiger partial charge is 0.325 e. The molecule has 2 fully saturated rings. The van der Waals surface area contributed by atoms with Crippen molar-refractivity contribution >= 4 is 21.6 Å². The Balaban J connectivity index is 1.65. The van der Waals surface area contributed by atoms with Gasteiger partial charge in [-0.1, -0.05) is 26.3 Å². The molecule has 0 spiro atoms. The van der Waals surface area contributed by atoms with Crippen molar-refractivity contribution in [3.8, 4) is 0 Å². The van der Waals surface area contributed by atoms with E-state index < -0.39 is 10.0 Å². The van der Waals surface area contributed by atoms with Crippen molar-refractivity contribution in [2.75, 3.05) is 18.4 Å². The maximum absolute atomic E-state index is 12.8. The van der Waals surface area contributed by atoms with Gasteiger partial charge in [0.2, 0.25) is 15.9 Å². The Hall–Kier alpha value is -1.48. The molecule has 2 saturated heterocycles. The third kappa shape index (κ3) is 5.07. The number of nitrogens with zero attached hydrogens (tertiary/aromatic N) is 1. The van der Waals surface area contributed by atoms with Gasteiger partial charge >= 0.3 is 0 Å². The van der Waals surface area contributed by atoms with Crippen molar-refractivity contribution in [3.63, 3.8) is 0 Å². The van der Waals surface area contributed by atoms with E-state index in [9.17, 15) is 13.2 Å². The number of hydrogen-bond donors (Lipinski definition) is 3. The first-order valence-corrected chi connectivity index (χ1v) is 11.2. The van der Waals surface area contributed by atoms with Crippen LogP contribution in [0.2, 0.25) is 0 Å². The smallest absolute Gasteiger partial charge is 0.243 e. The van der Waals surface area contributed by atoms with Crippen molar-refractivity contribution in [1.29, 1.82) is 0 Å². The highest BCUT2D eigenvalue weighted by Crippen LogP contribution is 2.23. The van der Waals surface area contributed by atoms with Gasteiger partial charge in [0.05, 0.1) is 4.90 Å². The SMILES string of the molecule is CC(C)CC1CC(C(=O)Nc2cccc(S(=O)(=O)N3CCCCC3)c2)NN1. The summed E-state index contributed by atoms with van der Waals surface area (Å²) in [5, 5.41) is 2.85. The lowest BCUT2D eigenvalue weighted by molar-refractivity contribution is -0.117. The van der Waals surface area contributed by atoms with Crippen LogP contribution in [0.3, 0.4) is 0 Å². The van der Waals surface area contributed by atoms with Gasteiger partial charge in [-0.2, -0.15) is 4.31 Å². The van der Waals surface area contributed by atoms with Crippen LogP contribution in [0.5, 0.6) is 0 Å². The Morgan fingerprint density at radius 2 is 1.96 bits per heavy atom. The van der Waals surface area contributed by atoms with Gasteiger partial charge in [0.1, 0.15) is 6.04 Å². The summed E-state index contributed by atoms with van der Waals surface area (Å²) in [6.07, 6.45) is 4.58. The van der Waals surface area contributed by atoms with Crippen LogP contribution in [0.25, 0.3) is 0 Å². The molecular formula is C19H30N4O3S. The number of hydrazine groups is 1. The van der Waals surface area contributed by atoms with Crippen molar-refractivity contribution in [2.24, 2.45) is 5.92 Å². The number of sulfonamides is 1. The molecule has 2 aliphatic rings.